The molecule has 0 aliphatic carbocycles. The number of aliphatic carboxylic acids is 1. The number of carboxylic acid groups (broad SMARTS) is 1. The Kier molecular flexibility index (Phi) is 8.02. The number of aliphatic hydroxyl groups excluding tert-OH is 1. The monoisotopic (exact) mass is 315 g/mol. The van der Waals surface area contributed by atoms with Crippen molar-refractivity contribution in [3.8, 4) is 11.1 Å². The first-order valence-corrected chi connectivity index (χ1v) is 7.77. The van der Waals surface area contributed by atoms with E-state index in [1.165, 1.54) is 11.1 Å². The van der Waals surface area contributed by atoms with Crippen molar-refractivity contribution < 1.29 is 15.0 Å². The van der Waals surface area contributed by atoms with E-state index in [1.807, 2.05) is 19.1 Å². The molecule has 0 spiro atoms. The summed E-state index contributed by atoms with van der Waals surface area (Å²) in [6.45, 7) is 1.45. The smallest absolute Gasteiger partial charge is 0.326 e. The van der Waals surface area contributed by atoms with Crippen LogP contribution in [0.4, 0.5) is 0 Å². The second-order valence-electron chi connectivity index (χ2n) is 5.46. The van der Waals surface area contributed by atoms with Crippen LogP contribution in [0.25, 0.3) is 11.1 Å². The van der Waals surface area contributed by atoms with Crippen molar-refractivity contribution in [2.75, 3.05) is 6.61 Å². The van der Waals surface area contributed by atoms with Gasteiger partial charge in [-0.15, -0.1) is 0 Å². The fourth-order valence-corrected chi connectivity index (χ4v) is 2.01. The molecule has 2 aromatic rings. The van der Waals surface area contributed by atoms with Gasteiger partial charge in [0.2, 0.25) is 0 Å². The summed E-state index contributed by atoms with van der Waals surface area (Å²) in [6.07, 6.45) is 1.94. The predicted octanol–water partition coefficient (Wildman–Crippen LogP) is 3.30. The quantitative estimate of drug-likeness (QED) is 0.763. The van der Waals surface area contributed by atoms with Gasteiger partial charge < -0.3 is 15.9 Å². The van der Waals surface area contributed by atoms with Gasteiger partial charge in [0.25, 0.3) is 0 Å². The number of benzene rings is 2. The second-order valence-corrected chi connectivity index (χ2v) is 5.46. The van der Waals surface area contributed by atoms with E-state index >= 15 is 0 Å². The summed E-state index contributed by atoms with van der Waals surface area (Å²) in [4.78, 5) is 10.5. The molecule has 0 aliphatic rings. The number of rotatable bonds is 6. The molecule has 0 bridgehead atoms. The lowest BCUT2D eigenvalue weighted by Crippen LogP contribution is -2.51. The summed E-state index contributed by atoms with van der Waals surface area (Å²) in [5, 5.41) is 17.3. The molecule has 4 nitrogen and oxygen atoms in total. The topological polar surface area (TPSA) is 83.5 Å². The highest BCUT2D eigenvalue weighted by molar-refractivity contribution is 5.78. The zero-order valence-electron chi connectivity index (χ0n) is 13.5. The third kappa shape index (κ3) is 6.22. The third-order valence-corrected chi connectivity index (χ3v) is 3.57. The van der Waals surface area contributed by atoms with Gasteiger partial charge in [-0.05, 0) is 17.5 Å². The van der Waals surface area contributed by atoms with Crippen LogP contribution < -0.4 is 5.73 Å². The van der Waals surface area contributed by atoms with E-state index in [0.29, 0.717) is 6.42 Å². The van der Waals surface area contributed by atoms with E-state index in [-0.39, 0.29) is 0 Å². The highest BCUT2D eigenvalue weighted by Crippen LogP contribution is 2.17. The first kappa shape index (κ1) is 18.9. The van der Waals surface area contributed by atoms with Crippen LogP contribution >= 0.6 is 0 Å². The maximum Gasteiger partial charge on any atom is 0.326 e. The van der Waals surface area contributed by atoms with Crippen molar-refractivity contribution in [2.45, 2.75) is 31.7 Å². The van der Waals surface area contributed by atoms with Crippen molar-refractivity contribution >= 4 is 5.97 Å². The van der Waals surface area contributed by atoms with Crippen LogP contribution in [0.3, 0.4) is 0 Å². The van der Waals surface area contributed by atoms with Crippen LogP contribution in [-0.4, -0.2) is 28.3 Å². The molecule has 124 valence electrons. The van der Waals surface area contributed by atoms with Crippen LogP contribution in [-0.2, 0) is 4.79 Å². The van der Waals surface area contributed by atoms with Crippen molar-refractivity contribution in [3.05, 3.63) is 60.7 Å². The van der Waals surface area contributed by atoms with E-state index in [2.05, 4.69) is 48.5 Å². The van der Waals surface area contributed by atoms with E-state index < -0.39 is 18.1 Å². The largest absolute Gasteiger partial charge is 0.480 e. The first-order chi connectivity index (χ1) is 11.0. The van der Waals surface area contributed by atoms with Crippen molar-refractivity contribution in [3.63, 3.8) is 0 Å². The summed E-state index contributed by atoms with van der Waals surface area (Å²) in [7, 11) is 0. The summed E-state index contributed by atoms with van der Waals surface area (Å²) in [5.74, 6) is -1.13. The zero-order chi connectivity index (χ0) is 17.1. The average molecular weight is 315 g/mol. The lowest BCUT2D eigenvalue weighted by molar-refractivity contribution is -0.145. The predicted molar refractivity (Wildman–Crippen MR) is 93.0 cm³/mol. The van der Waals surface area contributed by atoms with Crippen molar-refractivity contribution in [1.29, 1.82) is 0 Å². The molecule has 0 saturated heterocycles. The van der Waals surface area contributed by atoms with E-state index in [1.54, 1.807) is 0 Å². The van der Waals surface area contributed by atoms with Gasteiger partial charge in [-0.2, -0.15) is 0 Å². The molecule has 1 unspecified atom stereocenters. The minimum absolute atomic E-state index is 0.329. The number of aliphatic hydroxyl groups is 1. The minimum Gasteiger partial charge on any atom is -0.480 e. The standard InChI is InChI=1S/C12H10.C7H15NO3/c1-3-7-11(8-4-1)12-9-5-2-6-10-12;1-2-3-4-7(8,5-9)6(10)11/h1-10H;9H,2-5,8H2,1H3,(H,10,11). The SMILES string of the molecule is CCCCC(N)(CO)C(=O)O.c1ccc(-c2ccccc2)cc1. The van der Waals surface area contributed by atoms with E-state index in [0.717, 1.165) is 12.8 Å². The summed E-state index contributed by atoms with van der Waals surface area (Å²) < 4.78 is 0. The fourth-order valence-electron chi connectivity index (χ4n) is 2.01. The van der Waals surface area contributed by atoms with Gasteiger partial charge in [-0.3, -0.25) is 4.79 Å². The molecule has 0 saturated carbocycles. The Labute approximate surface area is 137 Å². The lowest BCUT2D eigenvalue weighted by Gasteiger charge is -2.21. The molecule has 0 radical (unpaired) electrons. The first-order valence-electron chi connectivity index (χ1n) is 7.77. The summed E-state index contributed by atoms with van der Waals surface area (Å²) in [6, 6.07) is 20.8. The molecule has 0 aromatic heterocycles. The number of carboxylic acids is 1. The zero-order valence-corrected chi connectivity index (χ0v) is 13.5. The summed E-state index contributed by atoms with van der Waals surface area (Å²) in [5.41, 5.74) is 6.49. The Morgan fingerprint density at radius 3 is 1.74 bits per heavy atom. The van der Waals surface area contributed by atoms with E-state index in [9.17, 15) is 4.79 Å². The minimum atomic E-state index is -1.43. The van der Waals surface area contributed by atoms with Crippen LogP contribution in [0.5, 0.6) is 0 Å². The van der Waals surface area contributed by atoms with Gasteiger partial charge in [0.05, 0.1) is 6.61 Å². The molecule has 2 rings (SSSR count). The van der Waals surface area contributed by atoms with Gasteiger partial charge in [0, 0.05) is 0 Å². The third-order valence-electron chi connectivity index (χ3n) is 3.57. The highest BCUT2D eigenvalue weighted by atomic mass is 16.4. The number of carbonyl (C=O) groups is 1. The van der Waals surface area contributed by atoms with Gasteiger partial charge >= 0.3 is 5.97 Å². The van der Waals surface area contributed by atoms with Crippen molar-refractivity contribution in [2.24, 2.45) is 5.73 Å². The second kappa shape index (κ2) is 9.77. The Bertz CT molecular complexity index is 534. The van der Waals surface area contributed by atoms with Crippen LogP contribution in [0.15, 0.2) is 60.7 Å². The van der Waals surface area contributed by atoms with E-state index in [4.69, 9.17) is 15.9 Å². The molecular formula is C19H25NO3. The molecule has 0 amide bonds. The number of unbranched alkanes of at least 4 members (excludes halogenated alkanes) is 1. The maximum absolute atomic E-state index is 10.5. The fraction of sp³-hybridized carbons (Fsp3) is 0.316. The highest BCUT2D eigenvalue weighted by Gasteiger charge is 2.32. The molecule has 2 aromatic carbocycles. The molecule has 1 atom stereocenters. The molecule has 23 heavy (non-hydrogen) atoms. The van der Waals surface area contributed by atoms with Crippen LogP contribution in [0, 0.1) is 0 Å². The van der Waals surface area contributed by atoms with Crippen LogP contribution in [0.2, 0.25) is 0 Å². The molecular weight excluding hydrogens is 290 g/mol. The Morgan fingerprint density at radius 2 is 1.43 bits per heavy atom. The van der Waals surface area contributed by atoms with Gasteiger partial charge in [0.15, 0.2) is 0 Å². The molecule has 4 heteroatoms. The molecule has 0 aliphatic heterocycles. The summed E-state index contributed by atoms with van der Waals surface area (Å²) >= 11 is 0. The van der Waals surface area contributed by atoms with Gasteiger partial charge in [0.1, 0.15) is 5.54 Å². The molecule has 4 N–H and O–H groups in total. The molecule has 0 heterocycles. The number of hydrogen-bond acceptors (Lipinski definition) is 3. The van der Waals surface area contributed by atoms with Crippen molar-refractivity contribution in [1.82, 2.24) is 0 Å². The number of nitrogens with two attached hydrogens (primary N) is 1. The normalized spacial score (nSPS) is 12.7. The Balaban J connectivity index is 0.000000232. The Hall–Kier alpha value is -2.17. The van der Waals surface area contributed by atoms with Crippen LogP contribution in [0.1, 0.15) is 26.2 Å². The van der Waals surface area contributed by atoms with Gasteiger partial charge in [-0.1, -0.05) is 80.4 Å². The van der Waals surface area contributed by atoms with Gasteiger partial charge in [-0.25, -0.2) is 0 Å². The average Bonchev–Trinajstić information content (AvgIpc) is 2.61. The molecule has 0 fully saturated rings. The lowest BCUT2D eigenvalue weighted by atomic mass is 9.95. The maximum atomic E-state index is 10.5. The number of hydrogen-bond donors (Lipinski definition) is 3. The Morgan fingerprint density at radius 1 is 1.00 bits per heavy atom.